The number of rotatable bonds is 6. The van der Waals surface area contributed by atoms with Crippen LogP contribution in [-0.4, -0.2) is 47.7 Å². The summed E-state index contributed by atoms with van der Waals surface area (Å²) in [5, 5.41) is 12.6. The van der Waals surface area contributed by atoms with Crippen LogP contribution in [0.2, 0.25) is 0 Å². The maximum absolute atomic E-state index is 11.5. The fourth-order valence-corrected chi connectivity index (χ4v) is 2.97. The van der Waals surface area contributed by atoms with Gasteiger partial charge in [0.1, 0.15) is 5.54 Å². The third-order valence-electron chi connectivity index (χ3n) is 3.72. The molecule has 0 amide bonds. The lowest BCUT2D eigenvalue weighted by Crippen LogP contribution is -2.58. The molecule has 1 fully saturated rings. The third-order valence-corrected chi connectivity index (χ3v) is 3.72. The highest BCUT2D eigenvalue weighted by atomic mass is 16.4. The Hall–Kier alpha value is -0.610. The normalized spacial score (nSPS) is 28.9. The summed E-state index contributed by atoms with van der Waals surface area (Å²) < 4.78 is 0. The molecule has 0 aliphatic carbocycles. The molecule has 3 unspecified atom stereocenters. The monoisotopic (exact) mass is 256 g/mol. The molecular weight excluding hydrogens is 228 g/mol. The molecule has 0 bridgehead atoms. The molecule has 0 aromatic rings. The second kappa shape index (κ2) is 6.53. The van der Waals surface area contributed by atoms with Gasteiger partial charge in [0.25, 0.3) is 0 Å². The number of likely N-dealkylation sites (tertiary alicyclic amines) is 1. The van der Waals surface area contributed by atoms with Gasteiger partial charge in [-0.3, -0.25) is 4.79 Å². The van der Waals surface area contributed by atoms with Gasteiger partial charge in [-0.2, -0.15) is 0 Å². The quantitative estimate of drug-likeness (QED) is 0.761. The van der Waals surface area contributed by atoms with Crippen molar-refractivity contribution in [2.75, 3.05) is 26.2 Å². The number of nitrogens with zero attached hydrogens (tertiary/aromatic N) is 1. The summed E-state index contributed by atoms with van der Waals surface area (Å²) in [5.74, 6) is 0.581. The van der Waals surface area contributed by atoms with Gasteiger partial charge in [0.05, 0.1) is 0 Å². The fourth-order valence-electron chi connectivity index (χ4n) is 2.97. The largest absolute Gasteiger partial charge is 0.480 e. The number of nitrogens with one attached hydrogen (secondary N) is 1. The molecule has 1 heterocycles. The molecule has 4 heteroatoms. The Kier molecular flexibility index (Phi) is 5.60. The highest BCUT2D eigenvalue weighted by Gasteiger charge is 2.36. The number of carboxylic acids is 1. The van der Waals surface area contributed by atoms with E-state index in [1.165, 1.54) is 6.42 Å². The van der Waals surface area contributed by atoms with E-state index in [4.69, 9.17) is 0 Å². The van der Waals surface area contributed by atoms with Crippen molar-refractivity contribution < 1.29 is 9.90 Å². The minimum Gasteiger partial charge on any atom is -0.480 e. The zero-order valence-corrected chi connectivity index (χ0v) is 12.2. The number of carboxylic acid groups (broad SMARTS) is 1. The summed E-state index contributed by atoms with van der Waals surface area (Å²) >= 11 is 0. The Labute approximate surface area is 111 Å². The lowest BCUT2D eigenvalue weighted by molar-refractivity contribution is -0.145. The van der Waals surface area contributed by atoms with Gasteiger partial charge in [-0.25, -0.2) is 0 Å². The molecule has 18 heavy (non-hydrogen) atoms. The molecule has 0 aromatic carbocycles. The average molecular weight is 256 g/mol. The van der Waals surface area contributed by atoms with Crippen LogP contribution in [0.15, 0.2) is 0 Å². The summed E-state index contributed by atoms with van der Waals surface area (Å²) in [6.45, 7) is 11.7. The Morgan fingerprint density at radius 3 is 2.39 bits per heavy atom. The van der Waals surface area contributed by atoms with E-state index in [0.29, 0.717) is 18.4 Å². The predicted molar refractivity (Wildman–Crippen MR) is 73.7 cm³/mol. The zero-order chi connectivity index (χ0) is 13.8. The van der Waals surface area contributed by atoms with Gasteiger partial charge in [-0.15, -0.1) is 0 Å². The summed E-state index contributed by atoms with van der Waals surface area (Å²) in [5.41, 5.74) is -0.827. The van der Waals surface area contributed by atoms with Crippen molar-refractivity contribution in [3.8, 4) is 0 Å². The second-order valence-electron chi connectivity index (χ2n) is 6.20. The first-order chi connectivity index (χ1) is 8.37. The number of carbonyl (C=O) groups is 1. The highest BCUT2D eigenvalue weighted by Crippen LogP contribution is 2.22. The molecule has 106 valence electrons. The first-order valence-corrected chi connectivity index (χ1v) is 7.08. The molecule has 1 aliphatic heterocycles. The third kappa shape index (κ3) is 4.25. The minimum absolute atomic E-state index is 0.594. The van der Waals surface area contributed by atoms with Crippen LogP contribution in [0, 0.1) is 11.8 Å². The Morgan fingerprint density at radius 2 is 1.94 bits per heavy atom. The van der Waals surface area contributed by atoms with Crippen molar-refractivity contribution in [3.63, 3.8) is 0 Å². The smallest absolute Gasteiger partial charge is 0.324 e. The molecule has 1 rings (SSSR count). The number of hydrogen-bond acceptors (Lipinski definition) is 3. The van der Waals surface area contributed by atoms with E-state index in [-0.39, 0.29) is 0 Å². The predicted octanol–water partition coefficient (Wildman–Crippen LogP) is 1.81. The molecule has 4 nitrogen and oxygen atoms in total. The highest BCUT2D eigenvalue weighted by molar-refractivity contribution is 5.78. The molecule has 0 saturated carbocycles. The van der Waals surface area contributed by atoms with Crippen LogP contribution in [0.5, 0.6) is 0 Å². The number of aliphatic carboxylic acids is 1. The van der Waals surface area contributed by atoms with Gasteiger partial charge in [0, 0.05) is 19.6 Å². The van der Waals surface area contributed by atoms with E-state index in [1.807, 2.05) is 0 Å². The Morgan fingerprint density at radius 1 is 1.39 bits per heavy atom. The lowest BCUT2D eigenvalue weighted by atomic mass is 9.90. The summed E-state index contributed by atoms with van der Waals surface area (Å²) in [4.78, 5) is 13.8. The molecule has 0 aromatic heterocycles. The first kappa shape index (κ1) is 15.4. The molecule has 0 spiro atoms. The molecule has 1 saturated heterocycles. The zero-order valence-electron chi connectivity index (χ0n) is 12.2. The number of piperidine rings is 1. The van der Waals surface area contributed by atoms with Crippen LogP contribution in [-0.2, 0) is 4.79 Å². The molecule has 1 aliphatic rings. The van der Waals surface area contributed by atoms with Crippen LogP contribution in [0.3, 0.4) is 0 Å². The standard InChI is InChI=1S/C14H28N2O2/c1-5-6-15-14(4,13(17)18)10-16-8-11(2)7-12(3)9-16/h11-12,15H,5-10H2,1-4H3,(H,17,18). The van der Waals surface area contributed by atoms with Crippen LogP contribution in [0.4, 0.5) is 0 Å². The minimum atomic E-state index is -0.827. The topological polar surface area (TPSA) is 52.6 Å². The first-order valence-electron chi connectivity index (χ1n) is 7.08. The molecule has 0 radical (unpaired) electrons. The van der Waals surface area contributed by atoms with Crippen molar-refractivity contribution in [3.05, 3.63) is 0 Å². The van der Waals surface area contributed by atoms with Gasteiger partial charge in [-0.1, -0.05) is 20.8 Å². The van der Waals surface area contributed by atoms with Crippen molar-refractivity contribution in [2.45, 2.75) is 46.1 Å². The SMILES string of the molecule is CCCNC(C)(CN1CC(C)CC(C)C1)C(=O)O. The summed E-state index contributed by atoms with van der Waals surface area (Å²) in [6.07, 6.45) is 2.21. The Bertz CT molecular complexity index is 273. The summed E-state index contributed by atoms with van der Waals surface area (Å²) in [6, 6.07) is 0. The van der Waals surface area contributed by atoms with E-state index < -0.39 is 11.5 Å². The molecule has 2 N–H and O–H groups in total. The molecular formula is C14H28N2O2. The van der Waals surface area contributed by atoms with Crippen LogP contribution >= 0.6 is 0 Å². The molecule has 3 atom stereocenters. The van der Waals surface area contributed by atoms with Gasteiger partial charge < -0.3 is 15.3 Å². The van der Waals surface area contributed by atoms with Crippen molar-refractivity contribution >= 4 is 5.97 Å². The van der Waals surface area contributed by atoms with Crippen LogP contribution < -0.4 is 5.32 Å². The van der Waals surface area contributed by atoms with E-state index >= 15 is 0 Å². The van der Waals surface area contributed by atoms with Gasteiger partial charge in [-0.05, 0) is 38.1 Å². The van der Waals surface area contributed by atoms with Crippen LogP contribution in [0.1, 0.15) is 40.5 Å². The van der Waals surface area contributed by atoms with Crippen molar-refractivity contribution in [1.29, 1.82) is 0 Å². The summed E-state index contributed by atoms with van der Waals surface area (Å²) in [7, 11) is 0. The van der Waals surface area contributed by atoms with Crippen molar-refractivity contribution in [1.82, 2.24) is 10.2 Å². The van der Waals surface area contributed by atoms with Gasteiger partial charge in [0.2, 0.25) is 0 Å². The van der Waals surface area contributed by atoms with Crippen molar-refractivity contribution in [2.24, 2.45) is 11.8 Å². The number of hydrogen-bond donors (Lipinski definition) is 2. The van der Waals surface area contributed by atoms with Gasteiger partial charge in [0.15, 0.2) is 0 Å². The van der Waals surface area contributed by atoms with Gasteiger partial charge >= 0.3 is 5.97 Å². The van der Waals surface area contributed by atoms with Crippen LogP contribution in [0.25, 0.3) is 0 Å². The maximum Gasteiger partial charge on any atom is 0.324 e. The Balaban J connectivity index is 2.62. The van der Waals surface area contributed by atoms with E-state index in [0.717, 1.165) is 26.1 Å². The average Bonchev–Trinajstić information content (AvgIpc) is 2.24. The van der Waals surface area contributed by atoms with E-state index in [1.54, 1.807) is 6.92 Å². The maximum atomic E-state index is 11.5. The van der Waals surface area contributed by atoms with E-state index in [9.17, 15) is 9.90 Å². The fraction of sp³-hybridized carbons (Fsp3) is 0.929. The lowest BCUT2D eigenvalue weighted by Gasteiger charge is -2.39. The second-order valence-corrected chi connectivity index (χ2v) is 6.20. The van der Waals surface area contributed by atoms with E-state index in [2.05, 4.69) is 31.0 Å².